The molecular formula is C13H20N4O. The fourth-order valence-corrected chi connectivity index (χ4v) is 1.77. The highest BCUT2D eigenvalue weighted by Crippen LogP contribution is 2.20. The van der Waals surface area contributed by atoms with Gasteiger partial charge in [-0.25, -0.2) is 0 Å². The van der Waals surface area contributed by atoms with Crippen molar-refractivity contribution >= 4 is 22.8 Å². The van der Waals surface area contributed by atoms with Gasteiger partial charge in [-0.3, -0.25) is 0 Å². The van der Waals surface area contributed by atoms with Gasteiger partial charge < -0.3 is 20.4 Å². The van der Waals surface area contributed by atoms with Crippen molar-refractivity contribution in [2.75, 3.05) is 38.2 Å². The van der Waals surface area contributed by atoms with Crippen LogP contribution >= 0.6 is 0 Å². The maximum Gasteiger partial charge on any atom is 0.295 e. The first-order valence-corrected chi connectivity index (χ1v) is 6.20. The summed E-state index contributed by atoms with van der Waals surface area (Å²) in [6.45, 7) is 1.97. The number of unbranched alkanes of at least 4 members (excludes halogenated alkanes) is 1. The van der Waals surface area contributed by atoms with Crippen molar-refractivity contribution in [1.82, 2.24) is 9.88 Å². The maximum absolute atomic E-state index is 5.69. The van der Waals surface area contributed by atoms with Gasteiger partial charge in [0.1, 0.15) is 5.52 Å². The number of aromatic nitrogens is 1. The van der Waals surface area contributed by atoms with Gasteiger partial charge in [0.2, 0.25) is 0 Å². The van der Waals surface area contributed by atoms with Crippen molar-refractivity contribution in [2.45, 2.75) is 12.8 Å². The molecule has 2 aromatic rings. The number of nitrogens with one attached hydrogen (secondary N) is 1. The van der Waals surface area contributed by atoms with Crippen LogP contribution in [-0.4, -0.2) is 37.1 Å². The Morgan fingerprint density at radius 3 is 2.94 bits per heavy atom. The number of oxazole rings is 1. The summed E-state index contributed by atoms with van der Waals surface area (Å²) < 4.78 is 5.56. The van der Waals surface area contributed by atoms with Crippen LogP contribution in [0.25, 0.3) is 11.1 Å². The van der Waals surface area contributed by atoms with Gasteiger partial charge in [0.05, 0.1) is 0 Å². The highest BCUT2D eigenvalue weighted by Gasteiger charge is 2.04. The minimum absolute atomic E-state index is 0.570. The standard InChI is InChI=1S/C13H20N4O/c1-17(2)8-4-3-7-15-13-16-11-9-10(14)5-6-12(11)18-13/h5-6,9H,3-4,7-8,14H2,1-2H3,(H,15,16). The van der Waals surface area contributed by atoms with Crippen molar-refractivity contribution in [3.63, 3.8) is 0 Å². The monoisotopic (exact) mass is 248 g/mol. The van der Waals surface area contributed by atoms with E-state index in [0.717, 1.165) is 37.0 Å². The molecule has 0 bridgehead atoms. The number of nitrogen functional groups attached to an aromatic ring is 1. The molecule has 0 unspecified atom stereocenters. The lowest BCUT2D eigenvalue weighted by atomic mass is 10.3. The van der Waals surface area contributed by atoms with E-state index in [1.165, 1.54) is 0 Å². The number of nitrogens with two attached hydrogens (primary N) is 1. The van der Waals surface area contributed by atoms with Crippen LogP contribution in [0.5, 0.6) is 0 Å². The third-order valence-electron chi connectivity index (χ3n) is 2.72. The fourth-order valence-electron chi connectivity index (χ4n) is 1.77. The van der Waals surface area contributed by atoms with Crippen LogP contribution in [0.2, 0.25) is 0 Å². The maximum atomic E-state index is 5.69. The number of rotatable bonds is 6. The Bertz CT molecular complexity index is 507. The van der Waals surface area contributed by atoms with E-state index in [2.05, 4.69) is 29.3 Å². The van der Waals surface area contributed by atoms with Crippen LogP contribution in [-0.2, 0) is 0 Å². The zero-order valence-corrected chi connectivity index (χ0v) is 10.9. The Labute approximate surface area is 107 Å². The smallest absolute Gasteiger partial charge is 0.295 e. The van der Waals surface area contributed by atoms with E-state index in [1.54, 1.807) is 0 Å². The Balaban J connectivity index is 1.84. The predicted octanol–water partition coefficient (Wildman–Crippen LogP) is 2.16. The first kappa shape index (κ1) is 12.7. The van der Waals surface area contributed by atoms with E-state index in [9.17, 15) is 0 Å². The molecule has 0 saturated carbocycles. The second kappa shape index (κ2) is 5.73. The van der Waals surface area contributed by atoms with Gasteiger partial charge in [-0.2, -0.15) is 4.98 Å². The molecule has 2 rings (SSSR count). The number of nitrogens with zero attached hydrogens (tertiary/aromatic N) is 2. The van der Waals surface area contributed by atoms with Gasteiger partial charge in [-0.15, -0.1) is 0 Å². The summed E-state index contributed by atoms with van der Waals surface area (Å²) in [5, 5.41) is 3.19. The Kier molecular flexibility index (Phi) is 4.04. The van der Waals surface area contributed by atoms with Crippen LogP contribution < -0.4 is 11.1 Å². The summed E-state index contributed by atoms with van der Waals surface area (Å²) in [5.74, 6) is 0. The minimum Gasteiger partial charge on any atom is -0.424 e. The molecule has 0 aliphatic rings. The lowest BCUT2D eigenvalue weighted by Gasteiger charge is -2.08. The lowest BCUT2D eigenvalue weighted by molar-refractivity contribution is 0.396. The highest BCUT2D eigenvalue weighted by atomic mass is 16.4. The molecule has 0 radical (unpaired) electrons. The number of benzene rings is 1. The normalized spacial score (nSPS) is 11.3. The molecule has 98 valence electrons. The predicted molar refractivity (Wildman–Crippen MR) is 74.7 cm³/mol. The molecule has 3 N–H and O–H groups in total. The van der Waals surface area contributed by atoms with Gasteiger partial charge in [0.15, 0.2) is 5.58 Å². The van der Waals surface area contributed by atoms with Crippen LogP contribution in [0.4, 0.5) is 11.7 Å². The summed E-state index contributed by atoms with van der Waals surface area (Å²) in [6, 6.07) is 6.04. The molecule has 0 saturated heterocycles. The molecule has 1 heterocycles. The van der Waals surface area contributed by atoms with E-state index in [0.29, 0.717) is 11.7 Å². The molecule has 0 atom stereocenters. The number of hydrogen-bond acceptors (Lipinski definition) is 5. The molecule has 1 aromatic heterocycles. The lowest BCUT2D eigenvalue weighted by Crippen LogP contribution is -2.14. The third-order valence-corrected chi connectivity index (χ3v) is 2.72. The number of fused-ring (bicyclic) bond motifs is 1. The molecule has 0 fully saturated rings. The van der Waals surface area contributed by atoms with Crippen molar-refractivity contribution in [1.29, 1.82) is 0 Å². The van der Waals surface area contributed by atoms with Gasteiger partial charge >= 0.3 is 0 Å². The van der Waals surface area contributed by atoms with Crippen molar-refractivity contribution in [3.8, 4) is 0 Å². The third kappa shape index (κ3) is 3.37. The van der Waals surface area contributed by atoms with Gasteiger partial charge in [-0.1, -0.05) is 0 Å². The van der Waals surface area contributed by atoms with Crippen molar-refractivity contribution in [2.24, 2.45) is 0 Å². The Hall–Kier alpha value is -1.75. The van der Waals surface area contributed by atoms with Crippen molar-refractivity contribution in [3.05, 3.63) is 18.2 Å². The fraction of sp³-hybridized carbons (Fsp3) is 0.462. The first-order chi connectivity index (χ1) is 8.65. The average Bonchev–Trinajstić information content (AvgIpc) is 2.70. The van der Waals surface area contributed by atoms with Crippen molar-refractivity contribution < 1.29 is 4.42 Å². The van der Waals surface area contributed by atoms with E-state index in [-0.39, 0.29) is 0 Å². The van der Waals surface area contributed by atoms with Gasteiger partial charge in [-0.05, 0) is 51.7 Å². The summed E-state index contributed by atoms with van der Waals surface area (Å²) in [5.41, 5.74) is 7.96. The Morgan fingerprint density at radius 2 is 2.17 bits per heavy atom. The molecule has 5 nitrogen and oxygen atoms in total. The summed E-state index contributed by atoms with van der Waals surface area (Å²) in [6.07, 6.45) is 2.26. The van der Waals surface area contributed by atoms with Crippen LogP contribution in [0.3, 0.4) is 0 Å². The summed E-state index contributed by atoms with van der Waals surface area (Å²) >= 11 is 0. The van der Waals surface area contributed by atoms with Crippen LogP contribution in [0, 0.1) is 0 Å². The number of hydrogen-bond donors (Lipinski definition) is 2. The van der Waals surface area contributed by atoms with Crippen LogP contribution in [0.15, 0.2) is 22.6 Å². The first-order valence-electron chi connectivity index (χ1n) is 6.20. The quantitative estimate of drug-likeness (QED) is 0.605. The zero-order chi connectivity index (χ0) is 13.0. The van der Waals surface area contributed by atoms with Crippen LogP contribution in [0.1, 0.15) is 12.8 Å². The molecular weight excluding hydrogens is 228 g/mol. The van der Waals surface area contributed by atoms with E-state index >= 15 is 0 Å². The Morgan fingerprint density at radius 1 is 1.33 bits per heavy atom. The van der Waals surface area contributed by atoms with Gasteiger partial charge in [0, 0.05) is 12.2 Å². The second-order valence-corrected chi connectivity index (χ2v) is 4.68. The molecule has 0 spiro atoms. The number of anilines is 2. The SMILES string of the molecule is CN(C)CCCCNc1nc2cc(N)ccc2o1. The molecule has 0 aliphatic heterocycles. The van der Waals surface area contributed by atoms with E-state index < -0.39 is 0 Å². The molecule has 18 heavy (non-hydrogen) atoms. The summed E-state index contributed by atoms with van der Waals surface area (Å²) in [4.78, 5) is 6.52. The largest absolute Gasteiger partial charge is 0.424 e. The minimum atomic E-state index is 0.570. The van der Waals surface area contributed by atoms with E-state index in [1.807, 2.05) is 18.2 Å². The average molecular weight is 248 g/mol. The summed E-state index contributed by atoms with van der Waals surface area (Å²) in [7, 11) is 4.16. The molecule has 5 heteroatoms. The highest BCUT2D eigenvalue weighted by molar-refractivity contribution is 5.78. The molecule has 0 amide bonds. The molecule has 1 aromatic carbocycles. The zero-order valence-electron chi connectivity index (χ0n) is 10.9. The topological polar surface area (TPSA) is 67.3 Å². The second-order valence-electron chi connectivity index (χ2n) is 4.68. The van der Waals surface area contributed by atoms with E-state index in [4.69, 9.17) is 10.2 Å². The molecule has 0 aliphatic carbocycles. The van der Waals surface area contributed by atoms with Gasteiger partial charge in [0.25, 0.3) is 6.01 Å².